The van der Waals surface area contributed by atoms with E-state index in [4.69, 9.17) is 4.79 Å². The van der Waals surface area contributed by atoms with Gasteiger partial charge >= 0.3 is 0 Å². The molecule has 0 aromatic rings. The molecule has 0 atom stereocenters. The molecule has 0 amide bonds. The minimum atomic E-state index is 0. The quantitative estimate of drug-likeness (QED) is 0.282. The maximum atomic E-state index is 7.75. The fraction of sp³-hybridized carbons (Fsp3) is 0.833. The Morgan fingerprint density at radius 2 is 0.619 bits per heavy atom. The van der Waals surface area contributed by atoms with E-state index < -0.39 is 0 Å². The second-order valence-corrected chi connectivity index (χ2v) is 1.71. The van der Waals surface area contributed by atoms with E-state index in [0.29, 0.717) is 0 Å². The number of rotatable bonds is 1. The van der Waals surface area contributed by atoms with Crippen LogP contribution in [-0.2, 0) is 70.2 Å². The zero-order valence-electron chi connectivity index (χ0n) is 11.7. The molecule has 3 heteroatoms. The van der Waals surface area contributed by atoms with Crippen molar-refractivity contribution in [1.29, 1.82) is 0 Å². The summed E-state index contributed by atoms with van der Waals surface area (Å²) in [6.07, 6.45) is 3.89. The number of hydrogen-bond donors (Lipinski definition) is 0. The van der Waals surface area contributed by atoms with E-state index in [1.807, 2.05) is 0 Å². The SMILES string of the molecule is C.C.C.C.C.C.CCC.CCCC.[CH-]=O.[CH2-]C.[CH2-]C.[Y].[Y]. The average Bonchev–Trinajstić information content (AvgIpc) is 2.27. The molecular formula is C18H53OY2-3. The van der Waals surface area contributed by atoms with Crippen LogP contribution >= 0.6 is 0 Å². The molecule has 0 aliphatic rings. The predicted octanol–water partition coefficient (Wildman–Crippen LogP) is 8.44. The zero-order valence-corrected chi connectivity index (χ0v) is 17.4. The first-order valence-corrected chi connectivity index (χ1v) is 4.98. The molecule has 140 valence electrons. The second kappa shape index (κ2) is 401. The Morgan fingerprint density at radius 1 is 0.571 bits per heavy atom. The van der Waals surface area contributed by atoms with Gasteiger partial charge in [0.2, 0.25) is 0 Å². The van der Waals surface area contributed by atoms with E-state index >= 15 is 0 Å². The molecule has 0 heterocycles. The van der Waals surface area contributed by atoms with Crippen LogP contribution in [0.3, 0.4) is 0 Å². The average molecular weight is 463 g/mol. The molecule has 0 aliphatic carbocycles. The van der Waals surface area contributed by atoms with Crippen molar-refractivity contribution in [2.24, 2.45) is 0 Å². The van der Waals surface area contributed by atoms with Crippen LogP contribution in [0.2, 0.25) is 0 Å². The van der Waals surface area contributed by atoms with Gasteiger partial charge in [0.15, 0.2) is 0 Å². The molecule has 0 rings (SSSR count). The van der Waals surface area contributed by atoms with Crippen molar-refractivity contribution < 1.29 is 70.2 Å². The first-order chi connectivity index (χ1) is 6.33. The third-order valence-electron chi connectivity index (χ3n) is 0.500. The van der Waals surface area contributed by atoms with E-state index in [9.17, 15) is 0 Å². The van der Waals surface area contributed by atoms with Gasteiger partial charge in [0.1, 0.15) is 0 Å². The molecule has 0 bridgehead atoms. The standard InChI is InChI=1S/C4H10.C3H8.2C2H5.CHO.6CH4.2Y/c1-3-4-2;1-3-2;3*1-2;;;;;;;;/h3-4H2,1-2H3;3H2,1-2H3;2*1H2,2H3;1H;6*1H4;;/q;;3*-1;;;;;;;;. The summed E-state index contributed by atoms with van der Waals surface area (Å²) in [4.78, 5) is 7.75. The monoisotopic (exact) mass is 463 g/mol. The predicted molar refractivity (Wildman–Crippen MR) is 106 cm³/mol. The Balaban J connectivity index is -0.00000000324. The smallest absolute Gasteiger partial charge is 0 e. The minimum Gasteiger partial charge on any atom is -0.545 e. The minimum absolute atomic E-state index is 0. The number of carbonyl (C=O) groups excluding carboxylic acids is 1. The molecule has 0 aromatic heterocycles. The number of unbranched alkanes of at least 4 members (excludes halogenated alkanes) is 1. The summed E-state index contributed by atoms with van der Waals surface area (Å²) in [5.41, 5.74) is 0. The third-order valence-corrected chi connectivity index (χ3v) is 0.500. The van der Waals surface area contributed by atoms with E-state index in [1.165, 1.54) is 19.3 Å². The Morgan fingerprint density at radius 3 is 0.619 bits per heavy atom. The van der Waals surface area contributed by atoms with Crippen LogP contribution in [0.25, 0.3) is 0 Å². The first kappa shape index (κ1) is 112. The van der Waals surface area contributed by atoms with Crippen LogP contribution in [0.1, 0.15) is 105 Å². The van der Waals surface area contributed by atoms with Crippen molar-refractivity contribution in [3.05, 3.63) is 13.8 Å². The van der Waals surface area contributed by atoms with Gasteiger partial charge < -0.3 is 18.6 Å². The van der Waals surface area contributed by atoms with Gasteiger partial charge in [0.25, 0.3) is 0 Å². The van der Waals surface area contributed by atoms with Crippen LogP contribution in [0, 0.1) is 13.8 Å². The Labute approximate surface area is 194 Å². The molecule has 0 N–H and O–H groups in total. The molecule has 0 fully saturated rings. The molecule has 21 heavy (non-hydrogen) atoms. The van der Waals surface area contributed by atoms with Gasteiger partial charge in [-0.3, -0.25) is 6.79 Å². The summed E-state index contributed by atoms with van der Waals surface area (Å²) >= 11 is 0. The van der Waals surface area contributed by atoms with Gasteiger partial charge in [-0.25, -0.2) is 0 Å². The first-order valence-electron chi connectivity index (χ1n) is 4.98. The fourth-order valence-electron chi connectivity index (χ4n) is 0. The summed E-state index contributed by atoms with van der Waals surface area (Å²) in [7, 11) is 0. The maximum absolute atomic E-state index is 7.75. The fourth-order valence-corrected chi connectivity index (χ4v) is 0. The van der Waals surface area contributed by atoms with Crippen molar-refractivity contribution in [1.82, 2.24) is 0 Å². The normalized spacial score (nSPS) is 3.05. The Kier molecular flexibility index (Phi) is 2140. The molecule has 2 radical (unpaired) electrons. The van der Waals surface area contributed by atoms with Crippen molar-refractivity contribution in [2.75, 3.05) is 0 Å². The molecule has 0 spiro atoms. The van der Waals surface area contributed by atoms with Crippen molar-refractivity contribution in [2.45, 2.75) is 105 Å². The molecule has 1 nitrogen and oxygen atoms in total. The topological polar surface area (TPSA) is 17.1 Å². The van der Waals surface area contributed by atoms with Crippen LogP contribution in [0.5, 0.6) is 0 Å². The summed E-state index contributed by atoms with van der Waals surface area (Å²) in [6, 6.07) is 0. The second-order valence-electron chi connectivity index (χ2n) is 1.71. The summed E-state index contributed by atoms with van der Waals surface area (Å²) in [6.45, 7) is 21.9. The zero-order chi connectivity index (χ0) is 12.1. The van der Waals surface area contributed by atoms with Crippen molar-refractivity contribution in [3.63, 3.8) is 0 Å². The summed E-state index contributed by atoms with van der Waals surface area (Å²) < 4.78 is 0. The van der Waals surface area contributed by atoms with Gasteiger partial charge in [-0.05, 0) is 0 Å². The molecule has 0 saturated heterocycles. The van der Waals surface area contributed by atoms with Crippen LogP contribution < -0.4 is 0 Å². The van der Waals surface area contributed by atoms with Crippen LogP contribution in [-0.4, -0.2) is 6.79 Å². The maximum Gasteiger partial charge on any atom is 0 e. The van der Waals surface area contributed by atoms with E-state index in [2.05, 4.69) is 48.3 Å². The van der Waals surface area contributed by atoms with Gasteiger partial charge in [-0.1, -0.05) is 91.5 Å². The van der Waals surface area contributed by atoms with Crippen LogP contribution in [0.15, 0.2) is 0 Å². The summed E-state index contributed by atoms with van der Waals surface area (Å²) in [5.74, 6) is 0. The number of hydrogen-bond acceptors (Lipinski definition) is 1. The molecule has 0 aliphatic heterocycles. The van der Waals surface area contributed by atoms with Gasteiger partial charge in [0, 0.05) is 65.4 Å². The van der Waals surface area contributed by atoms with E-state index in [0.717, 1.165) is 0 Å². The van der Waals surface area contributed by atoms with Crippen LogP contribution in [0.4, 0.5) is 0 Å². The van der Waals surface area contributed by atoms with Gasteiger partial charge in [-0.15, -0.1) is 0 Å². The van der Waals surface area contributed by atoms with Crippen molar-refractivity contribution in [3.8, 4) is 0 Å². The van der Waals surface area contributed by atoms with Gasteiger partial charge in [0.05, 0.1) is 0 Å². The third kappa shape index (κ3) is 1040. The molecule has 0 aromatic carbocycles. The summed E-state index contributed by atoms with van der Waals surface area (Å²) in [5, 5.41) is 0. The van der Waals surface area contributed by atoms with E-state index in [1.54, 1.807) is 13.8 Å². The van der Waals surface area contributed by atoms with Gasteiger partial charge in [-0.2, -0.15) is 13.8 Å². The Hall–Kier alpha value is 1.88. The van der Waals surface area contributed by atoms with Crippen molar-refractivity contribution >= 4 is 6.79 Å². The molecule has 0 unspecified atom stereocenters. The Bertz CT molecular complexity index is 29.2. The van der Waals surface area contributed by atoms with E-state index in [-0.39, 0.29) is 110 Å². The molecule has 0 saturated carbocycles. The molecular weight excluding hydrogens is 410 g/mol. The largest absolute Gasteiger partial charge is 0.545 e.